The van der Waals surface area contributed by atoms with Crippen molar-refractivity contribution >= 4 is 11.7 Å². The first-order valence-electron chi connectivity index (χ1n) is 8.78. The zero-order valence-electron chi connectivity index (χ0n) is 14.7. The van der Waals surface area contributed by atoms with Gasteiger partial charge in [0.2, 0.25) is 5.91 Å². The number of benzene rings is 1. The van der Waals surface area contributed by atoms with E-state index in [2.05, 4.69) is 20.0 Å². The van der Waals surface area contributed by atoms with Crippen LogP contribution >= 0.6 is 0 Å². The molecule has 0 N–H and O–H groups in total. The number of nitrogens with zero attached hydrogens (tertiary/aromatic N) is 6. The number of piperazine rings is 1. The summed E-state index contributed by atoms with van der Waals surface area (Å²) in [5.41, 5.74) is 0.823. The SMILES string of the molecule is O=C(Cc1ccc(F)cc1)N1CCN(c2cc(-n3cccn3)ncn2)CC1. The van der Waals surface area contributed by atoms with Crippen LogP contribution in [0.2, 0.25) is 0 Å². The van der Waals surface area contributed by atoms with Crippen molar-refractivity contribution in [1.82, 2.24) is 24.6 Å². The van der Waals surface area contributed by atoms with Crippen LogP contribution in [0.1, 0.15) is 5.56 Å². The number of halogens is 1. The van der Waals surface area contributed by atoms with Crippen LogP contribution in [0.5, 0.6) is 0 Å². The minimum absolute atomic E-state index is 0.0566. The summed E-state index contributed by atoms with van der Waals surface area (Å²) in [6.45, 7) is 2.65. The van der Waals surface area contributed by atoms with Crippen LogP contribution in [0.3, 0.4) is 0 Å². The summed E-state index contributed by atoms with van der Waals surface area (Å²) in [4.78, 5) is 25.1. The van der Waals surface area contributed by atoms with Gasteiger partial charge in [0.1, 0.15) is 18.0 Å². The molecular formula is C19H19FN6O. The third-order valence-electron chi connectivity index (χ3n) is 4.60. The average molecular weight is 366 g/mol. The Hall–Kier alpha value is -3.29. The van der Waals surface area contributed by atoms with Gasteiger partial charge in [-0.3, -0.25) is 4.79 Å². The fourth-order valence-electron chi connectivity index (χ4n) is 3.11. The number of carbonyl (C=O) groups excluding carboxylic acids is 1. The number of anilines is 1. The van der Waals surface area contributed by atoms with Gasteiger partial charge in [-0.1, -0.05) is 12.1 Å². The first-order chi connectivity index (χ1) is 13.2. The molecular weight excluding hydrogens is 347 g/mol. The fourth-order valence-corrected chi connectivity index (χ4v) is 3.11. The molecule has 3 heterocycles. The van der Waals surface area contributed by atoms with Gasteiger partial charge in [-0.05, 0) is 23.8 Å². The van der Waals surface area contributed by atoms with Crippen LogP contribution in [0, 0.1) is 5.82 Å². The molecule has 27 heavy (non-hydrogen) atoms. The molecule has 1 amide bonds. The lowest BCUT2D eigenvalue weighted by atomic mass is 10.1. The van der Waals surface area contributed by atoms with Crippen molar-refractivity contribution in [2.45, 2.75) is 6.42 Å². The second-order valence-electron chi connectivity index (χ2n) is 6.36. The molecule has 3 aromatic rings. The summed E-state index contributed by atoms with van der Waals surface area (Å²) in [5, 5.41) is 4.18. The lowest BCUT2D eigenvalue weighted by Crippen LogP contribution is -2.49. The molecule has 1 fully saturated rings. The smallest absolute Gasteiger partial charge is 0.227 e. The van der Waals surface area contributed by atoms with Crippen molar-refractivity contribution in [1.29, 1.82) is 0 Å². The zero-order valence-corrected chi connectivity index (χ0v) is 14.7. The molecule has 0 spiro atoms. The Kier molecular flexibility index (Phi) is 4.78. The van der Waals surface area contributed by atoms with Crippen LogP contribution in [0.25, 0.3) is 5.82 Å². The van der Waals surface area contributed by atoms with E-state index in [1.807, 2.05) is 23.2 Å². The monoisotopic (exact) mass is 366 g/mol. The molecule has 138 valence electrons. The highest BCUT2D eigenvalue weighted by molar-refractivity contribution is 5.79. The first-order valence-corrected chi connectivity index (χ1v) is 8.78. The molecule has 1 saturated heterocycles. The highest BCUT2D eigenvalue weighted by atomic mass is 19.1. The Labute approximate surface area is 156 Å². The molecule has 0 unspecified atom stereocenters. The van der Waals surface area contributed by atoms with Gasteiger partial charge in [0.15, 0.2) is 5.82 Å². The maximum absolute atomic E-state index is 13.0. The highest BCUT2D eigenvalue weighted by Gasteiger charge is 2.22. The van der Waals surface area contributed by atoms with Crippen molar-refractivity contribution in [3.63, 3.8) is 0 Å². The van der Waals surface area contributed by atoms with Crippen LogP contribution in [0.4, 0.5) is 10.2 Å². The van der Waals surface area contributed by atoms with E-state index in [1.165, 1.54) is 18.5 Å². The third kappa shape index (κ3) is 3.94. The highest BCUT2D eigenvalue weighted by Crippen LogP contribution is 2.16. The zero-order chi connectivity index (χ0) is 18.6. The quantitative estimate of drug-likeness (QED) is 0.703. The van der Waals surface area contributed by atoms with Gasteiger partial charge in [-0.15, -0.1) is 0 Å². The number of rotatable bonds is 4. The van der Waals surface area contributed by atoms with Gasteiger partial charge in [-0.2, -0.15) is 5.10 Å². The van der Waals surface area contributed by atoms with Crippen molar-refractivity contribution in [3.8, 4) is 5.82 Å². The van der Waals surface area contributed by atoms with Gasteiger partial charge in [0.25, 0.3) is 0 Å². The van der Waals surface area contributed by atoms with E-state index >= 15 is 0 Å². The van der Waals surface area contributed by atoms with Crippen molar-refractivity contribution in [2.24, 2.45) is 0 Å². The topological polar surface area (TPSA) is 67.2 Å². The Morgan fingerprint density at radius 2 is 1.78 bits per heavy atom. The van der Waals surface area contributed by atoms with Crippen molar-refractivity contribution in [3.05, 3.63) is 66.5 Å². The van der Waals surface area contributed by atoms with E-state index in [0.717, 1.165) is 11.4 Å². The Balaban J connectivity index is 1.37. The number of amides is 1. The van der Waals surface area contributed by atoms with Crippen LogP contribution in [-0.2, 0) is 11.2 Å². The van der Waals surface area contributed by atoms with E-state index in [1.54, 1.807) is 23.0 Å². The Morgan fingerprint density at radius 3 is 2.48 bits per heavy atom. The standard InChI is InChI=1S/C19H19FN6O/c20-16-4-2-15(3-5-16)12-19(27)25-10-8-24(9-11-25)17-13-18(22-14-21-17)26-7-1-6-23-26/h1-7,13-14H,8-12H2. The summed E-state index contributed by atoms with van der Waals surface area (Å²) in [5.74, 6) is 1.29. The largest absolute Gasteiger partial charge is 0.353 e. The molecule has 7 nitrogen and oxygen atoms in total. The van der Waals surface area contributed by atoms with E-state index in [9.17, 15) is 9.18 Å². The van der Waals surface area contributed by atoms with E-state index in [0.29, 0.717) is 32.0 Å². The molecule has 1 aliphatic heterocycles. The maximum Gasteiger partial charge on any atom is 0.227 e. The Morgan fingerprint density at radius 1 is 1.04 bits per heavy atom. The second kappa shape index (κ2) is 7.53. The van der Waals surface area contributed by atoms with E-state index in [4.69, 9.17) is 0 Å². The van der Waals surface area contributed by atoms with Crippen LogP contribution in [-0.4, -0.2) is 56.7 Å². The fraction of sp³-hybridized carbons (Fsp3) is 0.263. The van der Waals surface area contributed by atoms with Crippen molar-refractivity contribution in [2.75, 3.05) is 31.1 Å². The number of aromatic nitrogens is 4. The molecule has 8 heteroatoms. The third-order valence-corrected chi connectivity index (χ3v) is 4.60. The minimum Gasteiger partial charge on any atom is -0.353 e. The lowest BCUT2D eigenvalue weighted by molar-refractivity contribution is -0.130. The maximum atomic E-state index is 13.0. The summed E-state index contributed by atoms with van der Waals surface area (Å²) in [6, 6.07) is 9.80. The number of hydrogen-bond donors (Lipinski definition) is 0. The molecule has 0 radical (unpaired) electrons. The molecule has 0 atom stereocenters. The van der Waals surface area contributed by atoms with E-state index < -0.39 is 0 Å². The normalized spacial score (nSPS) is 14.4. The summed E-state index contributed by atoms with van der Waals surface area (Å²) < 4.78 is 14.7. The first kappa shape index (κ1) is 17.1. The minimum atomic E-state index is -0.292. The second-order valence-corrected chi connectivity index (χ2v) is 6.36. The molecule has 1 aromatic carbocycles. The summed E-state index contributed by atoms with van der Waals surface area (Å²) >= 11 is 0. The predicted molar refractivity (Wildman–Crippen MR) is 98.1 cm³/mol. The summed E-state index contributed by atoms with van der Waals surface area (Å²) in [6.07, 6.45) is 5.35. The molecule has 4 rings (SSSR count). The molecule has 1 aliphatic rings. The lowest BCUT2D eigenvalue weighted by Gasteiger charge is -2.35. The van der Waals surface area contributed by atoms with E-state index in [-0.39, 0.29) is 18.1 Å². The van der Waals surface area contributed by atoms with Crippen molar-refractivity contribution < 1.29 is 9.18 Å². The van der Waals surface area contributed by atoms with Gasteiger partial charge in [0.05, 0.1) is 6.42 Å². The predicted octanol–water partition coefficient (Wildman–Crippen LogP) is 1.69. The van der Waals surface area contributed by atoms with Crippen LogP contribution < -0.4 is 4.90 Å². The molecule has 0 bridgehead atoms. The Bertz CT molecular complexity index is 904. The van der Waals surface area contributed by atoms with Crippen LogP contribution in [0.15, 0.2) is 55.1 Å². The van der Waals surface area contributed by atoms with Gasteiger partial charge >= 0.3 is 0 Å². The van der Waals surface area contributed by atoms with Gasteiger partial charge in [-0.25, -0.2) is 19.0 Å². The summed E-state index contributed by atoms with van der Waals surface area (Å²) in [7, 11) is 0. The number of hydrogen-bond acceptors (Lipinski definition) is 5. The number of carbonyl (C=O) groups is 1. The average Bonchev–Trinajstić information content (AvgIpc) is 3.25. The van der Waals surface area contributed by atoms with Gasteiger partial charge in [0, 0.05) is 44.6 Å². The molecule has 0 saturated carbocycles. The van der Waals surface area contributed by atoms with Gasteiger partial charge < -0.3 is 9.80 Å². The molecule has 0 aliphatic carbocycles. The molecule has 2 aromatic heterocycles.